The van der Waals surface area contributed by atoms with Crippen molar-refractivity contribution in [3.05, 3.63) is 46.5 Å². The van der Waals surface area contributed by atoms with Crippen LogP contribution in [-0.4, -0.2) is 37.6 Å². The first-order valence-corrected chi connectivity index (χ1v) is 8.16. The van der Waals surface area contributed by atoms with Crippen LogP contribution in [0.5, 0.6) is 0 Å². The van der Waals surface area contributed by atoms with Gasteiger partial charge in [0.2, 0.25) is 0 Å². The summed E-state index contributed by atoms with van der Waals surface area (Å²) in [6.07, 6.45) is 0.872. The molecule has 1 aromatic carbocycles. The molecule has 1 aromatic heterocycles. The third-order valence-corrected chi connectivity index (χ3v) is 4.78. The lowest BCUT2D eigenvalue weighted by Crippen LogP contribution is -2.31. The Bertz CT molecular complexity index is 642. The molecule has 2 heterocycles. The highest BCUT2D eigenvalue weighted by atomic mass is 32.1. The summed E-state index contributed by atoms with van der Waals surface area (Å²) < 4.78 is 5.69. The van der Waals surface area contributed by atoms with E-state index in [1.807, 2.05) is 30.1 Å². The molecular weight excluding hydrogens is 298 g/mol. The maximum atomic E-state index is 11.7. The van der Waals surface area contributed by atoms with E-state index < -0.39 is 0 Å². The maximum absolute atomic E-state index is 11.7. The zero-order valence-electron chi connectivity index (χ0n) is 12.5. The van der Waals surface area contributed by atoms with Gasteiger partial charge in [-0.25, -0.2) is 4.98 Å². The third-order valence-electron chi connectivity index (χ3n) is 3.55. The Morgan fingerprint density at radius 1 is 1.36 bits per heavy atom. The van der Waals surface area contributed by atoms with E-state index in [4.69, 9.17) is 4.74 Å². The Labute approximate surface area is 133 Å². The molecule has 1 aliphatic heterocycles. The quantitative estimate of drug-likeness (QED) is 0.829. The summed E-state index contributed by atoms with van der Waals surface area (Å²) in [6.45, 7) is 2.70. The predicted molar refractivity (Wildman–Crippen MR) is 87.5 cm³/mol. The van der Waals surface area contributed by atoms with Gasteiger partial charge in [0.05, 0.1) is 13.2 Å². The van der Waals surface area contributed by atoms with Gasteiger partial charge in [-0.3, -0.25) is 4.79 Å². The van der Waals surface area contributed by atoms with Gasteiger partial charge in [-0.15, -0.1) is 11.3 Å². The van der Waals surface area contributed by atoms with Crippen LogP contribution in [0.3, 0.4) is 0 Å². The average molecular weight is 317 g/mol. The van der Waals surface area contributed by atoms with E-state index in [1.54, 1.807) is 11.3 Å². The van der Waals surface area contributed by atoms with Gasteiger partial charge in [0.15, 0.2) is 5.13 Å². The van der Waals surface area contributed by atoms with Crippen molar-refractivity contribution in [2.45, 2.75) is 13.0 Å². The predicted octanol–water partition coefficient (Wildman–Crippen LogP) is 2.08. The van der Waals surface area contributed by atoms with Crippen LogP contribution in [0, 0.1) is 0 Å². The van der Waals surface area contributed by atoms with E-state index >= 15 is 0 Å². The highest BCUT2D eigenvalue weighted by Gasteiger charge is 2.22. The van der Waals surface area contributed by atoms with Crippen molar-refractivity contribution < 1.29 is 9.53 Å². The van der Waals surface area contributed by atoms with Crippen LogP contribution < -0.4 is 10.2 Å². The molecule has 0 radical (unpaired) electrons. The molecule has 116 valence electrons. The van der Waals surface area contributed by atoms with Crippen molar-refractivity contribution in [1.29, 1.82) is 0 Å². The first kappa shape index (κ1) is 15.0. The first-order valence-electron chi connectivity index (χ1n) is 7.35. The molecule has 0 fully saturated rings. The van der Waals surface area contributed by atoms with Crippen molar-refractivity contribution in [2.75, 3.05) is 31.6 Å². The zero-order chi connectivity index (χ0) is 15.4. The normalized spacial score (nSPS) is 13.6. The van der Waals surface area contributed by atoms with E-state index in [9.17, 15) is 4.79 Å². The molecule has 3 rings (SSSR count). The standard InChI is InChI=1S/C16H19N3O2S/c1-19(9-10-21-11-12-5-3-2-4-6-12)16-18-14-13(22-16)7-8-17-15(14)20/h2-6H,7-11H2,1H3,(H,17,20). The number of nitrogens with one attached hydrogen (secondary N) is 1. The number of carbonyl (C=O) groups is 1. The third kappa shape index (κ3) is 3.45. The van der Waals surface area contributed by atoms with Crippen LogP contribution in [0.4, 0.5) is 5.13 Å². The number of hydrogen-bond donors (Lipinski definition) is 1. The number of thiazole rings is 1. The van der Waals surface area contributed by atoms with Gasteiger partial charge in [-0.05, 0) is 5.56 Å². The summed E-state index contributed by atoms with van der Waals surface area (Å²) in [7, 11) is 1.98. The van der Waals surface area contributed by atoms with Crippen LogP contribution in [0.1, 0.15) is 20.9 Å². The second-order valence-electron chi connectivity index (χ2n) is 5.23. The number of likely N-dealkylation sites (N-methyl/N-ethyl adjacent to an activating group) is 1. The summed E-state index contributed by atoms with van der Waals surface area (Å²) in [5.74, 6) is -0.0579. The summed E-state index contributed by atoms with van der Waals surface area (Å²) in [6, 6.07) is 10.1. The smallest absolute Gasteiger partial charge is 0.271 e. The number of carbonyl (C=O) groups excluding carboxylic acids is 1. The molecular formula is C16H19N3O2S. The number of anilines is 1. The Kier molecular flexibility index (Phi) is 4.70. The molecule has 0 spiro atoms. The molecule has 0 unspecified atom stereocenters. The number of fused-ring (bicyclic) bond motifs is 1. The number of aromatic nitrogens is 1. The fraction of sp³-hybridized carbons (Fsp3) is 0.375. The lowest BCUT2D eigenvalue weighted by atomic mass is 10.2. The van der Waals surface area contributed by atoms with Crippen molar-refractivity contribution >= 4 is 22.4 Å². The van der Waals surface area contributed by atoms with E-state index in [2.05, 4.69) is 22.4 Å². The number of rotatable bonds is 6. The molecule has 0 saturated heterocycles. The minimum atomic E-state index is -0.0579. The molecule has 0 saturated carbocycles. The molecule has 2 aromatic rings. The molecule has 0 bridgehead atoms. The van der Waals surface area contributed by atoms with Gasteiger partial charge in [-0.2, -0.15) is 0 Å². The Balaban J connectivity index is 1.50. The maximum Gasteiger partial charge on any atom is 0.271 e. The van der Waals surface area contributed by atoms with Gasteiger partial charge in [0, 0.05) is 31.4 Å². The first-order chi connectivity index (χ1) is 10.7. The van der Waals surface area contributed by atoms with Crippen molar-refractivity contribution in [2.24, 2.45) is 0 Å². The van der Waals surface area contributed by atoms with Crippen molar-refractivity contribution in [3.63, 3.8) is 0 Å². The lowest BCUT2D eigenvalue weighted by molar-refractivity contribution is 0.0942. The lowest BCUT2D eigenvalue weighted by Gasteiger charge is -2.15. The van der Waals surface area contributed by atoms with Crippen LogP contribution in [0.2, 0.25) is 0 Å². The fourth-order valence-corrected chi connectivity index (χ4v) is 3.33. The second kappa shape index (κ2) is 6.89. The number of amides is 1. The van der Waals surface area contributed by atoms with Crippen LogP contribution >= 0.6 is 11.3 Å². The minimum Gasteiger partial charge on any atom is -0.375 e. The molecule has 0 atom stereocenters. The van der Waals surface area contributed by atoms with E-state index in [1.165, 1.54) is 5.56 Å². The van der Waals surface area contributed by atoms with Gasteiger partial charge >= 0.3 is 0 Å². The van der Waals surface area contributed by atoms with Crippen LogP contribution in [0.25, 0.3) is 0 Å². The van der Waals surface area contributed by atoms with Gasteiger partial charge < -0.3 is 15.0 Å². The second-order valence-corrected chi connectivity index (χ2v) is 6.30. The number of benzene rings is 1. The number of ether oxygens (including phenoxy) is 1. The minimum absolute atomic E-state index is 0.0579. The van der Waals surface area contributed by atoms with Crippen LogP contribution in [-0.2, 0) is 17.8 Å². The summed E-state index contributed by atoms with van der Waals surface area (Å²) >= 11 is 1.60. The highest BCUT2D eigenvalue weighted by Crippen LogP contribution is 2.27. The molecule has 1 aliphatic rings. The van der Waals surface area contributed by atoms with Crippen molar-refractivity contribution in [3.8, 4) is 0 Å². The number of nitrogens with zero attached hydrogens (tertiary/aromatic N) is 2. The van der Waals surface area contributed by atoms with Crippen molar-refractivity contribution in [1.82, 2.24) is 10.3 Å². The fourth-order valence-electron chi connectivity index (χ4n) is 2.28. The average Bonchev–Trinajstić information content (AvgIpc) is 2.98. The Hall–Kier alpha value is -1.92. The summed E-state index contributed by atoms with van der Waals surface area (Å²) in [4.78, 5) is 19.3. The monoisotopic (exact) mass is 317 g/mol. The zero-order valence-corrected chi connectivity index (χ0v) is 13.4. The highest BCUT2D eigenvalue weighted by molar-refractivity contribution is 7.16. The SMILES string of the molecule is CN(CCOCc1ccccc1)c1nc2c(s1)CCNC2=O. The Morgan fingerprint density at radius 2 is 2.18 bits per heavy atom. The largest absolute Gasteiger partial charge is 0.375 e. The summed E-state index contributed by atoms with van der Waals surface area (Å²) in [5.41, 5.74) is 1.76. The van der Waals surface area contributed by atoms with E-state index in [-0.39, 0.29) is 5.91 Å². The molecule has 1 amide bonds. The van der Waals surface area contributed by atoms with E-state index in [0.29, 0.717) is 25.5 Å². The molecule has 22 heavy (non-hydrogen) atoms. The summed E-state index contributed by atoms with van der Waals surface area (Å²) in [5, 5.41) is 3.70. The van der Waals surface area contributed by atoms with Gasteiger partial charge in [0.25, 0.3) is 5.91 Å². The van der Waals surface area contributed by atoms with E-state index in [0.717, 1.165) is 23.0 Å². The topological polar surface area (TPSA) is 54.5 Å². The van der Waals surface area contributed by atoms with Crippen LogP contribution in [0.15, 0.2) is 30.3 Å². The number of hydrogen-bond acceptors (Lipinski definition) is 5. The Morgan fingerprint density at radius 3 is 2.95 bits per heavy atom. The molecule has 5 nitrogen and oxygen atoms in total. The van der Waals surface area contributed by atoms with Gasteiger partial charge in [-0.1, -0.05) is 30.3 Å². The molecule has 1 N–H and O–H groups in total. The van der Waals surface area contributed by atoms with Gasteiger partial charge in [0.1, 0.15) is 5.69 Å². The molecule has 6 heteroatoms. The molecule has 0 aliphatic carbocycles.